The zero-order valence-electron chi connectivity index (χ0n) is 16.7. The van der Waals surface area contributed by atoms with Gasteiger partial charge < -0.3 is 24.5 Å². The molecule has 1 aromatic carbocycles. The number of hydrogen-bond donors (Lipinski definition) is 2. The molecule has 7 nitrogen and oxygen atoms in total. The highest BCUT2D eigenvalue weighted by Gasteiger charge is 2.17. The Bertz CT molecular complexity index is 1120. The molecule has 2 aliphatic rings. The minimum atomic E-state index is -0.450. The summed E-state index contributed by atoms with van der Waals surface area (Å²) >= 11 is 1.52. The van der Waals surface area contributed by atoms with Crippen molar-refractivity contribution in [3.05, 3.63) is 75.0 Å². The van der Waals surface area contributed by atoms with Crippen LogP contribution >= 0.6 is 11.8 Å². The highest BCUT2D eigenvalue weighted by atomic mass is 32.2. The van der Waals surface area contributed by atoms with Crippen molar-refractivity contribution < 1.29 is 18.7 Å². The lowest BCUT2D eigenvalue weighted by molar-refractivity contribution is -0.118. The van der Waals surface area contributed by atoms with Crippen LogP contribution in [0, 0.1) is 6.92 Å². The minimum absolute atomic E-state index is 0.0550. The van der Waals surface area contributed by atoms with Crippen molar-refractivity contribution in [2.45, 2.75) is 38.9 Å². The van der Waals surface area contributed by atoms with E-state index in [1.54, 1.807) is 6.07 Å². The van der Waals surface area contributed by atoms with Crippen LogP contribution in [0.5, 0.6) is 5.75 Å². The molecule has 2 aromatic rings. The SMILES string of the molecule is CC(=O)NC1=CCCC=C1OCc1c(C)c2ccc(OC3NC=CS3)cc2oc1=O. The Balaban J connectivity index is 1.54. The summed E-state index contributed by atoms with van der Waals surface area (Å²) in [6.07, 6.45) is 7.30. The average Bonchev–Trinajstić information content (AvgIpc) is 3.21. The van der Waals surface area contributed by atoms with Gasteiger partial charge in [-0.15, -0.1) is 0 Å². The molecule has 1 aliphatic heterocycles. The number of amides is 1. The fraction of sp³-hybridized carbons (Fsp3) is 0.273. The minimum Gasteiger partial charge on any atom is -0.487 e. The summed E-state index contributed by atoms with van der Waals surface area (Å²) in [5, 5.41) is 8.56. The number of ether oxygens (including phenoxy) is 2. The van der Waals surface area contributed by atoms with Crippen molar-refractivity contribution in [2.75, 3.05) is 0 Å². The summed E-state index contributed by atoms with van der Waals surface area (Å²) < 4.78 is 17.2. The van der Waals surface area contributed by atoms with E-state index in [-0.39, 0.29) is 18.1 Å². The Morgan fingerprint density at radius 1 is 1.33 bits per heavy atom. The van der Waals surface area contributed by atoms with Crippen molar-refractivity contribution in [1.82, 2.24) is 10.6 Å². The van der Waals surface area contributed by atoms with E-state index < -0.39 is 5.63 Å². The van der Waals surface area contributed by atoms with Crippen molar-refractivity contribution in [3.8, 4) is 5.75 Å². The topological polar surface area (TPSA) is 89.8 Å². The quantitative estimate of drug-likeness (QED) is 0.680. The van der Waals surface area contributed by atoms with Gasteiger partial charge in [-0.25, -0.2) is 4.79 Å². The summed E-state index contributed by atoms with van der Waals surface area (Å²) in [5.41, 5.74) is 1.69. The molecule has 156 valence electrons. The number of carbonyl (C=O) groups is 1. The lowest BCUT2D eigenvalue weighted by Gasteiger charge is -2.18. The number of aryl methyl sites for hydroxylation is 1. The molecule has 1 amide bonds. The molecule has 8 heteroatoms. The molecule has 1 atom stereocenters. The van der Waals surface area contributed by atoms with Crippen LogP contribution in [-0.4, -0.2) is 11.5 Å². The first-order valence-electron chi connectivity index (χ1n) is 9.62. The number of carbonyl (C=O) groups excluding carboxylic acids is 1. The van der Waals surface area contributed by atoms with Crippen LogP contribution in [0.1, 0.15) is 30.9 Å². The molecule has 30 heavy (non-hydrogen) atoms. The number of benzene rings is 1. The molecule has 0 spiro atoms. The Hall–Kier alpha value is -3.13. The van der Waals surface area contributed by atoms with Gasteiger partial charge in [-0.05, 0) is 48.9 Å². The van der Waals surface area contributed by atoms with Gasteiger partial charge in [-0.1, -0.05) is 17.8 Å². The standard InChI is InChI=1S/C22H22N2O5S/c1-13-16-8-7-15(28-22-23-9-10-30-22)11-20(16)29-21(26)17(13)12-27-19-6-4-3-5-18(19)24-14(2)25/h5-11,22-23H,3-4,12H2,1-2H3,(H,24,25). The smallest absolute Gasteiger partial charge is 0.343 e. The van der Waals surface area contributed by atoms with Crippen LogP contribution in [0.2, 0.25) is 0 Å². The third-order valence-corrected chi connectivity index (χ3v) is 5.57. The van der Waals surface area contributed by atoms with Crippen LogP contribution in [0.3, 0.4) is 0 Å². The maximum absolute atomic E-state index is 12.6. The second kappa shape index (κ2) is 8.71. The highest BCUT2D eigenvalue weighted by molar-refractivity contribution is 8.02. The van der Waals surface area contributed by atoms with E-state index in [1.807, 2.05) is 42.8 Å². The van der Waals surface area contributed by atoms with Crippen molar-refractivity contribution in [3.63, 3.8) is 0 Å². The lowest BCUT2D eigenvalue weighted by atomic mass is 10.1. The van der Waals surface area contributed by atoms with Crippen molar-refractivity contribution in [1.29, 1.82) is 0 Å². The molecule has 0 saturated heterocycles. The number of thioether (sulfide) groups is 1. The van der Waals surface area contributed by atoms with Gasteiger partial charge in [0.15, 0.2) is 0 Å². The predicted octanol–water partition coefficient (Wildman–Crippen LogP) is 3.79. The average molecular weight is 426 g/mol. The van der Waals surface area contributed by atoms with Gasteiger partial charge in [-0.3, -0.25) is 4.79 Å². The molecule has 0 bridgehead atoms. The summed E-state index contributed by atoms with van der Waals surface area (Å²) in [7, 11) is 0. The molecule has 1 unspecified atom stereocenters. The monoisotopic (exact) mass is 426 g/mol. The Kier molecular flexibility index (Phi) is 5.85. The first kappa shape index (κ1) is 20.2. The van der Waals surface area contributed by atoms with Crippen LogP contribution in [0.15, 0.2) is 62.6 Å². The number of allylic oxidation sites excluding steroid dienone is 2. The fourth-order valence-electron chi connectivity index (χ4n) is 3.31. The number of nitrogens with one attached hydrogen (secondary N) is 2. The van der Waals surface area contributed by atoms with E-state index in [9.17, 15) is 9.59 Å². The molecule has 2 heterocycles. The van der Waals surface area contributed by atoms with Crippen LogP contribution in [0.25, 0.3) is 11.0 Å². The van der Waals surface area contributed by atoms with Gasteiger partial charge in [0.05, 0.1) is 11.3 Å². The van der Waals surface area contributed by atoms with E-state index in [2.05, 4.69) is 10.6 Å². The largest absolute Gasteiger partial charge is 0.487 e. The summed E-state index contributed by atoms with van der Waals surface area (Å²) in [6, 6.07) is 5.44. The molecule has 1 aliphatic carbocycles. The maximum Gasteiger partial charge on any atom is 0.343 e. The summed E-state index contributed by atoms with van der Waals surface area (Å²) in [6.45, 7) is 3.38. The van der Waals surface area contributed by atoms with Gasteiger partial charge in [0, 0.05) is 24.6 Å². The van der Waals surface area contributed by atoms with E-state index in [0.29, 0.717) is 28.4 Å². The maximum atomic E-state index is 12.6. The van der Waals surface area contributed by atoms with E-state index in [1.165, 1.54) is 18.7 Å². The Morgan fingerprint density at radius 2 is 2.17 bits per heavy atom. The second-order valence-corrected chi connectivity index (χ2v) is 7.91. The van der Waals surface area contributed by atoms with Crippen LogP contribution in [-0.2, 0) is 16.1 Å². The van der Waals surface area contributed by atoms with Crippen LogP contribution < -0.4 is 21.0 Å². The summed E-state index contributed by atoms with van der Waals surface area (Å²) in [4.78, 5) is 24.0. The number of fused-ring (bicyclic) bond motifs is 1. The first-order chi connectivity index (χ1) is 14.5. The molecule has 4 rings (SSSR count). The second-order valence-electron chi connectivity index (χ2n) is 6.94. The Morgan fingerprint density at radius 3 is 2.93 bits per heavy atom. The number of rotatable bonds is 6. The molecule has 0 saturated carbocycles. The molecule has 0 fully saturated rings. The van der Waals surface area contributed by atoms with Gasteiger partial charge in [0.1, 0.15) is 23.7 Å². The van der Waals surface area contributed by atoms with E-state index in [0.717, 1.165) is 23.8 Å². The molecule has 2 N–H and O–H groups in total. The van der Waals surface area contributed by atoms with Gasteiger partial charge in [0.25, 0.3) is 0 Å². The van der Waals surface area contributed by atoms with Crippen molar-refractivity contribution >= 4 is 28.6 Å². The van der Waals surface area contributed by atoms with E-state index in [4.69, 9.17) is 13.9 Å². The molecular weight excluding hydrogens is 404 g/mol. The highest BCUT2D eigenvalue weighted by Crippen LogP contribution is 2.28. The Labute approximate surface area is 177 Å². The fourth-order valence-corrected chi connectivity index (χ4v) is 3.93. The van der Waals surface area contributed by atoms with Crippen LogP contribution in [0.4, 0.5) is 0 Å². The predicted molar refractivity (Wildman–Crippen MR) is 116 cm³/mol. The van der Waals surface area contributed by atoms with Gasteiger partial charge in [0.2, 0.25) is 11.5 Å². The zero-order chi connectivity index (χ0) is 21.1. The van der Waals surface area contributed by atoms with E-state index >= 15 is 0 Å². The van der Waals surface area contributed by atoms with Gasteiger partial charge >= 0.3 is 5.63 Å². The third kappa shape index (κ3) is 4.38. The third-order valence-electron chi connectivity index (χ3n) is 4.80. The normalized spacial score (nSPS) is 17.9. The van der Waals surface area contributed by atoms with Gasteiger partial charge in [-0.2, -0.15) is 0 Å². The lowest BCUT2D eigenvalue weighted by Crippen LogP contribution is -2.23. The first-order valence-corrected chi connectivity index (χ1v) is 10.6. The summed E-state index contributed by atoms with van der Waals surface area (Å²) in [5.74, 6) is 1.01. The molecule has 1 aromatic heterocycles. The number of hydrogen-bond acceptors (Lipinski definition) is 7. The zero-order valence-corrected chi connectivity index (χ0v) is 17.5. The molecular formula is C22H22N2O5S. The van der Waals surface area contributed by atoms with Crippen molar-refractivity contribution in [2.24, 2.45) is 0 Å². The molecule has 0 radical (unpaired) electrons.